The Morgan fingerprint density at radius 3 is 2.75 bits per heavy atom. The van der Waals surface area contributed by atoms with Gasteiger partial charge in [0.05, 0.1) is 12.6 Å². The van der Waals surface area contributed by atoms with E-state index in [1.54, 1.807) is 0 Å². The van der Waals surface area contributed by atoms with Crippen LogP contribution < -0.4 is 10.6 Å². The van der Waals surface area contributed by atoms with E-state index in [-0.39, 0.29) is 12.6 Å². The third kappa shape index (κ3) is 4.25. The average Bonchev–Trinajstić information content (AvgIpc) is 2.92. The molecule has 4 nitrogen and oxygen atoms in total. The molecule has 1 aliphatic rings. The van der Waals surface area contributed by atoms with E-state index in [4.69, 9.17) is 4.74 Å². The molecule has 1 saturated heterocycles. The van der Waals surface area contributed by atoms with Crippen LogP contribution in [0.4, 0.5) is 14.5 Å². The fourth-order valence-corrected chi connectivity index (χ4v) is 2.14. The molecule has 0 saturated carbocycles. The number of halogens is 2. The molecule has 110 valence electrons. The highest BCUT2D eigenvalue weighted by molar-refractivity contribution is 5.92. The van der Waals surface area contributed by atoms with E-state index in [1.807, 2.05) is 0 Å². The van der Waals surface area contributed by atoms with Crippen LogP contribution in [-0.4, -0.2) is 31.7 Å². The molecular formula is C14H18F2N2O2. The number of hydrogen-bond donors (Lipinski definition) is 2. The molecule has 1 fully saturated rings. The van der Waals surface area contributed by atoms with Gasteiger partial charge in [0.1, 0.15) is 17.3 Å². The maximum atomic E-state index is 13.3. The highest BCUT2D eigenvalue weighted by atomic mass is 19.1. The molecule has 0 spiro atoms. The number of ether oxygens (including phenoxy) is 1. The van der Waals surface area contributed by atoms with E-state index in [2.05, 4.69) is 10.6 Å². The van der Waals surface area contributed by atoms with Crippen LogP contribution in [0.25, 0.3) is 0 Å². The number of hydrogen-bond acceptors (Lipinski definition) is 3. The van der Waals surface area contributed by atoms with Gasteiger partial charge in [-0.25, -0.2) is 8.78 Å². The van der Waals surface area contributed by atoms with Crippen LogP contribution in [-0.2, 0) is 9.53 Å². The summed E-state index contributed by atoms with van der Waals surface area (Å²) in [5.41, 5.74) is -0.404. The SMILES string of the molecule is O=C(CNCCC1CCCO1)Nc1c(F)cccc1F. The van der Waals surface area contributed by atoms with E-state index >= 15 is 0 Å². The van der Waals surface area contributed by atoms with Crippen LogP contribution in [0.1, 0.15) is 19.3 Å². The molecular weight excluding hydrogens is 266 g/mol. The van der Waals surface area contributed by atoms with Gasteiger partial charge in [0, 0.05) is 6.61 Å². The number of carbonyl (C=O) groups is 1. The normalized spacial score (nSPS) is 18.2. The Labute approximate surface area is 116 Å². The number of amides is 1. The molecule has 1 atom stereocenters. The van der Waals surface area contributed by atoms with Crippen molar-refractivity contribution in [2.75, 3.05) is 25.0 Å². The van der Waals surface area contributed by atoms with Crippen molar-refractivity contribution in [3.05, 3.63) is 29.8 Å². The largest absolute Gasteiger partial charge is 0.378 e. The van der Waals surface area contributed by atoms with E-state index in [0.717, 1.165) is 38.0 Å². The van der Waals surface area contributed by atoms with Gasteiger partial charge >= 0.3 is 0 Å². The van der Waals surface area contributed by atoms with Gasteiger partial charge in [-0.3, -0.25) is 4.79 Å². The number of rotatable bonds is 6. The van der Waals surface area contributed by atoms with Crippen molar-refractivity contribution in [2.24, 2.45) is 0 Å². The van der Waals surface area contributed by atoms with Gasteiger partial charge in [-0.2, -0.15) is 0 Å². The van der Waals surface area contributed by atoms with Crippen LogP contribution in [0.2, 0.25) is 0 Å². The van der Waals surface area contributed by atoms with Crippen molar-refractivity contribution < 1.29 is 18.3 Å². The summed E-state index contributed by atoms with van der Waals surface area (Å²) >= 11 is 0. The fraction of sp³-hybridized carbons (Fsp3) is 0.500. The zero-order valence-corrected chi connectivity index (χ0v) is 11.1. The summed E-state index contributed by atoms with van der Waals surface area (Å²) in [6.07, 6.45) is 3.22. The van der Waals surface area contributed by atoms with Crippen molar-refractivity contribution in [2.45, 2.75) is 25.4 Å². The first-order chi connectivity index (χ1) is 9.66. The van der Waals surface area contributed by atoms with Crippen molar-refractivity contribution >= 4 is 11.6 Å². The predicted molar refractivity (Wildman–Crippen MR) is 71.4 cm³/mol. The quantitative estimate of drug-likeness (QED) is 0.786. The minimum Gasteiger partial charge on any atom is -0.378 e. The second-order valence-electron chi connectivity index (χ2n) is 4.75. The summed E-state index contributed by atoms with van der Waals surface area (Å²) < 4.78 is 32.1. The molecule has 1 aromatic carbocycles. The van der Waals surface area contributed by atoms with E-state index in [0.29, 0.717) is 6.54 Å². The van der Waals surface area contributed by atoms with Gasteiger partial charge in [-0.15, -0.1) is 0 Å². The molecule has 0 aromatic heterocycles. The van der Waals surface area contributed by atoms with Crippen molar-refractivity contribution in [1.82, 2.24) is 5.32 Å². The molecule has 20 heavy (non-hydrogen) atoms. The Bertz CT molecular complexity index is 442. The Morgan fingerprint density at radius 1 is 1.35 bits per heavy atom. The van der Waals surface area contributed by atoms with Gasteiger partial charge in [0.15, 0.2) is 0 Å². The lowest BCUT2D eigenvalue weighted by Gasteiger charge is -2.10. The minimum atomic E-state index is -0.780. The van der Waals surface area contributed by atoms with E-state index < -0.39 is 23.2 Å². The smallest absolute Gasteiger partial charge is 0.238 e. The Balaban J connectivity index is 1.69. The van der Waals surface area contributed by atoms with Crippen molar-refractivity contribution in [3.8, 4) is 0 Å². The highest BCUT2D eigenvalue weighted by Crippen LogP contribution is 2.17. The van der Waals surface area contributed by atoms with Gasteiger partial charge in [0.25, 0.3) is 0 Å². The maximum absolute atomic E-state index is 13.3. The monoisotopic (exact) mass is 284 g/mol. The van der Waals surface area contributed by atoms with E-state index in [9.17, 15) is 13.6 Å². The van der Waals surface area contributed by atoms with Crippen LogP contribution in [0.15, 0.2) is 18.2 Å². The summed E-state index contributed by atoms with van der Waals surface area (Å²) in [5, 5.41) is 5.16. The molecule has 6 heteroatoms. The minimum absolute atomic E-state index is 0.0144. The third-order valence-electron chi connectivity index (χ3n) is 3.18. The zero-order valence-electron chi connectivity index (χ0n) is 11.1. The average molecular weight is 284 g/mol. The zero-order chi connectivity index (χ0) is 14.4. The van der Waals surface area contributed by atoms with Gasteiger partial charge in [-0.1, -0.05) is 6.07 Å². The number of benzene rings is 1. The molecule has 0 aliphatic carbocycles. The summed E-state index contributed by atoms with van der Waals surface area (Å²) in [6, 6.07) is 3.45. The molecule has 1 heterocycles. The summed E-state index contributed by atoms with van der Waals surface area (Å²) in [5.74, 6) is -2.03. The third-order valence-corrected chi connectivity index (χ3v) is 3.18. The second kappa shape index (κ2) is 7.31. The predicted octanol–water partition coefficient (Wildman–Crippen LogP) is 2.06. The fourth-order valence-electron chi connectivity index (χ4n) is 2.14. The number of carbonyl (C=O) groups excluding carboxylic acids is 1. The van der Waals surface area contributed by atoms with Crippen molar-refractivity contribution in [1.29, 1.82) is 0 Å². The lowest BCUT2D eigenvalue weighted by Crippen LogP contribution is -2.30. The maximum Gasteiger partial charge on any atom is 0.238 e. The van der Waals surface area contributed by atoms with Crippen LogP contribution in [0, 0.1) is 11.6 Å². The molecule has 1 aliphatic heterocycles. The highest BCUT2D eigenvalue weighted by Gasteiger charge is 2.15. The topological polar surface area (TPSA) is 50.4 Å². The molecule has 2 N–H and O–H groups in total. The first-order valence-electron chi connectivity index (χ1n) is 6.73. The van der Waals surface area contributed by atoms with Crippen LogP contribution in [0.3, 0.4) is 0 Å². The molecule has 0 radical (unpaired) electrons. The van der Waals surface area contributed by atoms with Gasteiger partial charge < -0.3 is 15.4 Å². The molecule has 1 aromatic rings. The first-order valence-corrected chi connectivity index (χ1v) is 6.73. The number of nitrogens with one attached hydrogen (secondary N) is 2. The number of anilines is 1. The van der Waals surface area contributed by atoms with Crippen molar-refractivity contribution in [3.63, 3.8) is 0 Å². The molecule has 2 rings (SSSR count). The second-order valence-corrected chi connectivity index (χ2v) is 4.75. The lowest BCUT2D eigenvalue weighted by molar-refractivity contribution is -0.115. The van der Waals surface area contributed by atoms with Crippen LogP contribution >= 0.6 is 0 Å². The standard InChI is InChI=1S/C14H18F2N2O2/c15-11-4-1-5-12(16)14(11)18-13(19)9-17-7-6-10-3-2-8-20-10/h1,4-5,10,17H,2-3,6-9H2,(H,18,19). The first kappa shape index (κ1) is 14.9. The Kier molecular flexibility index (Phi) is 5.43. The van der Waals surface area contributed by atoms with Gasteiger partial charge in [-0.05, 0) is 37.9 Å². The van der Waals surface area contributed by atoms with E-state index in [1.165, 1.54) is 6.07 Å². The summed E-state index contributed by atoms with van der Waals surface area (Å²) in [6.45, 7) is 1.45. The van der Waals surface area contributed by atoms with Crippen LogP contribution in [0.5, 0.6) is 0 Å². The van der Waals surface area contributed by atoms with Gasteiger partial charge in [0.2, 0.25) is 5.91 Å². The molecule has 1 unspecified atom stereocenters. The number of para-hydroxylation sites is 1. The Hall–Kier alpha value is -1.53. The Morgan fingerprint density at radius 2 is 2.10 bits per heavy atom. The molecule has 1 amide bonds. The lowest BCUT2D eigenvalue weighted by atomic mass is 10.2. The summed E-state index contributed by atoms with van der Waals surface area (Å²) in [4.78, 5) is 11.6. The molecule has 0 bridgehead atoms. The summed E-state index contributed by atoms with van der Waals surface area (Å²) in [7, 11) is 0.